The van der Waals surface area contributed by atoms with Crippen molar-refractivity contribution in [1.82, 2.24) is 19.6 Å². The van der Waals surface area contributed by atoms with Gasteiger partial charge in [-0.25, -0.2) is 0 Å². The van der Waals surface area contributed by atoms with E-state index in [1.165, 1.54) is 151 Å². The molecular weight excluding hydrogens is 1140 g/mol. The zero-order valence-electron chi connectivity index (χ0n) is 57.9. The number of unbranched alkanes of at least 4 members (excludes halogenated alkanes) is 30. The number of esters is 4. The lowest BCUT2D eigenvalue weighted by Crippen LogP contribution is -2.39. The molecule has 0 saturated heterocycles. The van der Waals surface area contributed by atoms with Crippen LogP contribution in [0.5, 0.6) is 0 Å². The maximum Gasteiger partial charge on any atom is 0.326 e. The summed E-state index contributed by atoms with van der Waals surface area (Å²) in [5.41, 5.74) is 0. The van der Waals surface area contributed by atoms with Gasteiger partial charge in [0.2, 0.25) is 0 Å². The first-order valence-corrected chi connectivity index (χ1v) is 37.9. The van der Waals surface area contributed by atoms with Crippen LogP contribution in [0, 0.1) is 0 Å². The van der Waals surface area contributed by atoms with Crippen LogP contribution in [0.2, 0.25) is 0 Å². The third-order valence-corrected chi connectivity index (χ3v) is 17.8. The largest absolute Gasteiger partial charge is 0.461 e. The molecule has 0 radical (unpaired) electrons. The monoisotopic (exact) mass is 1280 g/mol. The molecule has 0 aromatic carbocycles. The zero-order valence-corrected chi connectivity index (χ0v) is 59.6. The fourth-order valence-electron chi connectivity index (χ4n) is 10.4. The number of carbonyl (C=O) groups excluding carboxylic acids is 6. The number of amides is 2. The van der Waals surface area contributed by atoms with Gasteiger partial charge in [-0.3, -0.25) is 28.8 Å². The predicted octanol–water partition coefficient (Wildman–Crippen LogP) is 18.9. The van der Waals surface area contributed by atoms with Crippen molar-refractivity contribution in [1.29, 1.82) is 0 Å². The van der Waals surface area contributed by atoms with Gasteiger partial charge >= 0.3 is 23.9 Å². The summed E-state index contributed by atoms with van der Waals surface area (Å²) in [7, 11) is 8.01. The number of allylic oxidation sites excluding steroid dienone is 2. The molecule has 0 aliphatic rings. The minimum atomic E-state index is -0.526. The van der Waals surface area contributed by atoms with Crippen LogP contribution in [0.25, 0.3) is 0 Å². The van der Waals surface area contributed by atoms with Crippen LogP contribution in [0.4, 0.5) is 9.59 Å². The van der Waals surface area contributed by atoms with Crippen molar-refractivity contribution in [3.05, 3.63) is 24.3 Å². The molecule has 514 valence electrons. The molecule has 0 spiro atoms. The van der Waals surface area contributed by atoms with Gasteiger partial charge < -0.3 is 38.5 Å². The summed E-state index contributed by atoms with van der Waals surface area (Å²) in [5.74, 6) is -0.411. The van der Waals surface area contributed by atoms with Crippen molar-refractivity contribution in [2.24, 2.45) is 0 Å². The lowest BCUT2D eigenvalue weighted by Gasteiger charge is -2.24. The minimum Gasteiger partial charge on any atom is -0.461 e. The second kappa shape index (κ2) is 64.0. The Morgan fingerprint density at radius 3 is 1.12 bits per heavy atom. The van der Waals surface area contributed by atoms with Gasteiger partial charge in [-0.05, 0) is 131 Å². The van der Waals surface area contributed by atoms with E-state index >= 15 is 0 Å². The highest BCUT2D eigenvalue weighted by Gasteiger charge is 2.25. The summed E-state index contributed by atoms with van der Waals surface area (Å²) < 4.78 is 23.1. The summed E-state index contributed by atoms with van der Waals surface area (Å²) in [4.78, 5) is 86.3. The van der Waals surface area contributed by atoms with Gasteiger partial charge in [-0.2, -0.15) is 0 Å². The molecule has 1 atom stereocenters. The van der Waals surface area contributed by atoms with Crippen LogP contribution in [0.15, 0.2) is 24.3 Å². The first-order chi connectivity index (χ1) is 42.8. The topological polar surface area (TPSA) is 152 Å². The second-order valence-corrected chi connectivity index (χ2v) is 27.2. The molecule has 2 amide bonds. The number of nitrogens with zero attached hydrogens (tertiary/aromatic N) is 4. The van der Waals surface area contributed by atoms with E-state index in [2.05, 4.69) is 44.7 Å². The zero-order chi connectivity index (χ0) is 64.8. The highest BCUT2D eigenvalue weighted by Crippen LogP contribution is 2.22. The van der Waals surface area contributed by atoms with Crippen LogP contribution in [0.3, 0.4) is 0 Å². The molecule has 14 nitrogen and oxygen atoms in total. The molecule has 0 aliphatic carbocycles. The fraction of sp³-hybridized carbons (Fsp3) is 0.861. The first kappa shape index (κ1) is 84.9. The predicted molar refractivity (Wildman–Crippen MR) is 373 cm³/mol. The third kappa shape index (κ3) is 58.0. The lowest BCUT2D eigenvalue weighted by molar-refractivity contribution is -0.152. The van der Waals surface area contributed by atoms with E-state index in [0.717, 1.165) is 147 Å². The molecule has 1 unspecified atom stereocenters. The Kier molecular flexibility index (Phi) is 61.8. The Bertz CT molecular complexity index is 1720. The first-order valence-electron chi connectivity index (χ1n) is 35.9. The molecule has 0 aromatic heterocycles. The molecule has 0 aliphatic heterocycles. The molecule has 16 heteroatoms. The lowest BCUT2D eigenvalue weighted by atomic mass is 10.0. The van der Waals surface area contributed by atoms with Crippen molar-refractivity contribution in [3.8, 4) is 0 Å². The van der Waals surface area contributed by atoms with Gasteiger partial charge in [0.05, 0.1) is 0 Å². The summed E-state index contributed by atoms with van der Waals surface area (Å²) in [6.45, 7) is 10.6. The third-order valence-electron chi connectivity index (χ3n) is 15.9. The van der Waals surface area contributed by atoms with Crippen molar-refractivity contribution < 1.29 is 47.7 Å². The Hall–Kier alpha value is -3.08. The average molecular weight is 1280 g/mol. The minimum absolute atomic E-state index is 0.114. The van der Waals surface area contributed by atoms with Crippen molar-refractivity contribution in [2.75, 3.05) is 92.2 Å². The molecule has 88 heavy (non-hydrogen) atoms. The van der Waals surface area contributed by atoms with Crippen LogP contribution in [-0.2, 0) is 38.1 Å². The number of hydrogen-bond acceptors (Lipinski definition) is 14. The molecule has 0 aromatic rings. The summed E-state index contributed by atoms with van der Waals surface area (Å²) in [5, 5.41) is -0.458. The van der Waals surface area contributed by atoms with E-state index in [-0.39, 0.29) is 73.9 Å². The standard InChI is InChI=1S/C72H134N4O10S2/c1-9-13-17-21-33-39-46-58-83-67(77)54-49-56-75(71(81)88-61-57-74(7)8)63-69(79)85-65(50-41-35-20-16-12-4)53-44-38-32-30-28-26-24-25-27-29-31-34-40-47-59-84-68(78)62-76(72(82)87-60-48-45-55-73(5)6)64-70(80)86-66(51-42-36-22-18-14-10-2)52-43-37-23-19-15-11-3/h39-40,46-47,65-66H,9-38,41-45,48-64H2,1-8H3/b46-39-,47-40-. The molecule has 0 heterocycles. The number of hydrogen-bond donors (Lipinski definition) is 0. The maximum atomic E-state index is 13.5. The molecule has 0 N–H and O–H groups in total. The number of rotatable bonds is 63. The van der Waals surface area contributed by atoms with Gasteiger partial charge in [-0.1, -0.05) is 242 Å². The smallest absolute Gasteiger partial charge is 0.326 e. The normalized spacial score (nSPS) is 12.0. The van der Waals surface area contributed by atoms with Crippen LogP contribution in [0.1, 0.15) is 297 Å². The van der Waals surface area contributed by atoms with E-state index in [1.54, 1.807) is 4.90 Å². The number of carbonyl (C=O) groups is 6. The van der Waals surface area contributed by atoms with E-state index < -0.39 is 11.9 Å². The van der Waals surface area contributed by atoms with Gasteiger partial charge in [0.1, 0.15) is 45.1 Å². The van der Waals surface area contributed by atoms with E-state index in [0.29, 0.717) is 24.5 Å². The van der Waals surface area contributed by atoms with E-state index in [1.807, 2.05) is 45.2 Å². The Morgan fingerprint density at radius 1 is 0.341 bits per heavy atom. The fourth-order valence-corrected chi connectivity index (χ4v) is 12.2. The van der Waals surface area contributed by atoms with Crippen molar-refractivity contribution in [2.45, 2.75) is 310 Å². The molecule has 0 fully saturated rings. The summed E-state index contributed by atoms with van der Waals surface area (Å²) in [6.07, 6.45) is 52.8. The van der Waals surface area contributed by atoms with Crippen LogP contribution < -0.4 is 0 Å². The van der Waals surface area contributed by atoms with Gasteiger partial charge in [0, 0.05) is 31.0 Å². The van der Waals surface area contributed by atoms with Crippen LogP contribution in [-0.4, -0.2) is 158 Å². The second-order valence-electron chi connectivity index (χ2n) is 25.1. The summed E-state index contributed by atoms with van der Waals surface area (Å²) in [6, 6.07) is 0. The maximum absolute atomic E-state index is 13.5. The average Bonchev–Trinajstić information content (AvgIpc) is 3.56. The van der Waals surface area contributed by atoms with Crippen molar-refractivity contribution >= 4 is 57.9 Å². The highest BCUT2D eigenvalue weighted by molar-refractivity contribution is 8.13. The number of ether oxygens (including phenoxy) is 4. The van der Waals surface area contributed by atoms with Crippen molar-refractivity contribution in [3.63, 3.8) is 0 Å². The quantitative estimate of drug-likeness (QED) is 0.0246. The van der Waals surface area contributed by atoms with Gasteiger partial charge in [-0.15, -0.1) is 0 Å². The van der Waals surface area contributed by atoms with E-state index in [4.69, 9.17) is 18.9 Å². The molecular formula is C72H134N4O10S2. The Labute approximate surface area is 548 Å². The molecule has 0 bridgehead atoms. The number of thioether (sulfide) groups is 2. The molecule has 0 rings (SSSR count). The van der Waals surface area contributed by atoms with Crippen LogP contribution >= 0.6 is 23.5 Å². The highest BCUT2D eigenvalue weighted by atomic mass is 32.2. The molecule has 0 saturated carbocycles. The Morgan fingerprint density at radius 2 is 0.693 bits per heavy atom. The SMILES string of the molecule is CCCCCC/C=C\COC(=O)CCCN(CC(=O)OC(CCCCCCC)CCCCCCCCCCCCC/C=C\COC(=O)CN(CC(=O)OC(CCCCCCCC)CCCCCCCC)C(=O)SCCCCN(C)C)C(=O)SCCN(C)C. The van der Waals surface area contributed by atoms with Gasteiger partial charge in [0.25, 0.3) is 10.5 Å². The Balaban J connectivity index is 4.89. The van der Waals surface area contributed by atoms with E-state index in [9.17, 15) is 28.8 Å². The van der Waals surface area contributed by atoms with Gasteiger partial charge in [0.15, 0.2) is 0 Å². The summed E-state index contributed by atoms with van der Waals surface area (Å²) >= 11 is 2.36.